The summed E-state index contributed by atoms with van der Waals surface area (Å²) in [6.07, 6.45) is 8.15. The first-order valence-corrected chi connectivity index (χ1v) is 41.5. The van der Waals surface area contributed by atoms with Crippen molar-refractivity contribution >= 4 is 119 Å². The van der Waals surface area contributed by atoms with Crippen LogP contribution in [0, 0.1) is 0 Å². The van der Waals surface area contributed by atoms with E-state index in [9.17, 15) is 0 Å². The van der Waals surface area contributed by atoms with Crippen molar-refractivity contribution in [2.45, 2.75) is 32.4 Å². The molecule has 0 saturated heterocycles. The SMILES string of the molecule is CC(C)(N)c1ccc(-c2nc(Nc3ccc(CCn4ccnc4)cc3)ncc2Cl)cc1.[Pd].c1ccc(P(c2ccccc2)c2ccccc2)cc1.c1ccc(P(c2ccccc2)c2ccccc2)cc1.c1ccc(P(c2ccccc2)c2ccccc2)cc1.c1ccc(P(c2ccccc2)c2ccccc2)cc1. The smallest absolute Gasteiger partial charge is 0.227 e. The van der Waals surface area contributed by atoms with Crippen molar-refractivity contribution in [3.05, 3.63) is 454 Å². The standard InChI is InChI=1S/C24H25ClN6.4C18H15P.Pd/c1-24(2,26)19-7-5-18(6-8-19)22-21(25)15-28-23(30-22)29-20-9-3-17(4-10-20)11-13-31-14-12-27-16-31;4*1-4-10-16(11-5-1)19(17-12-6-2-7-13-17)18-14-8-3-9-15-18;/h3-10,12,14-16H,11,13,26H2,1-2H3,(H,28,29,30);4*1-15H;. The molecule has 16 aromatic rings. The number of benzene rings is 14. The molecule has 3 N–H and O–H groups in total. The topological polar surface area (TPSA) is 81.6 Å². The number of halogens is 1. The van der Waals surface area contributed by atoms with Crippen molar-refractivity contribution in [2.75, 3.05) is 5.32 Å². The van der Waals surface area contributed by atoms with Crippen LogP contribution in [0.25, 0.3) is 11.3 Å². The zero-order valence-corrected chi connectivity index (χ0v) is 66.2. The molecule has 0 amide bonds. The van der Waals surface area contributed by atoms with Crippen LogP contribution in [-0.4, -0.2) is 19.5 Å². The number of rotatable bonds is 19. The number of nitrogens with two attached hydrogens (primary N) is 1. The van der Waals surface area contributed by atoms with E-state index >= 15 is 0 Å². The van der Waals surface area contributed by atoms with Crippen LogP contribution in [0.4, 0.5) is 11.6 Å². The molecule has 14 aromatic carbocycles. The molecule has 0 saturated carbocycles. The zero-order valence-electron chi connectivity index (χ0n) is 60.3. The average Bonchev–Trinajstić information content (AvgIpc) is 0.930. The summed E-state index contributed by atoms with van der Waals surface area (Å²) >= 11 is 6.38. The predicted octanol–water partition coefficient (Wildman–Crippen LogP) is 19.0. The molecule has 0 radical (unpaired) electrons. The van der Waals surface area contributed by atoms with Crippen molar-refractivity contribution in [3.63, 3.8) is 0 Å². The van der Waals surface area contributed by atoms with Gasteiger partial charge in [0.1, 0.15) is 0 Å². The van der Waals surface area contributed by atoms with E-state index in [1.165, 1.54) is 69.2 Å². The van der Waals surface area contributed by atoms with E-state index < -0.39 is 37.2 Å². The van der Waals surface area contributed by atoms with Crippen molar-refractivity contribution in [1.82, 2.24) is 19.5 Å². The Morgan fingerprint density at radius 1 is 0.352 bits per heavy atom. The van der Waals surface area contributed by atoms with E-state index in [-0.39, 0.29) is 20.4 Å². The average molecular weight is 1590 g/mol. The van der Waals surface area contributed by atoms with Gasteiger partial charge in [-0.05, 0) is 139 Å². The summed E-state index contributed by atoms with van der Waals surface area (Å²) in [7, 11) is -1.78. The van der Waals surface area contributed by atoms with Crippen LogP contribution in [0.3, 0.4) is 0 Å². The molecule has 12 heteroatoms. The van der Waals surface area contributed by atoms with Gasteiger partial charge < -0.3 is 15.6 Å². The number of nitrogens with zero attached hydrogens (tertiary/aromatic N) is 4. The van der Waals surface area contributed by atoms with Gasteiger partial charge in [0.15, 0.2) is 0 Å². The molecule has 0 bridgehead atoms. The molecule has 6 nitrogen and oxygen atoms in total. The van der Waals surface area contributed by atoms with Gasteiger partial charge in [-0.2, -0.15) is 0 Å². The van der Waals surface area contributed by atoms with Gasteiger partial charge in [-0.3, -0.25) is 0 Å². The second-order valence-corrected chi connectivity index (χ2v) is 34.7. The quantitative estimate of drug-likeness (QED) is 0.0623. The summed E-state index contributed by atoms with van der Waals surface area (Å²) in [5, 5.41) is 20.5. The maximum atomic E-state index is 6.38. The van der Waals surface area contributed by atoms with Crippen LogP contribution in [0.1, 0.15) is 25.0 Å². The Morgan fingerprint density at radius 3 is 0.843 bits per heavy atom. The second-order valence-electron chi connectivity index (χ2n) is 25.4. The summed E-state index contributed by atoms with van der Waals surface area (Å²) in [5.74, 6) is 0.494. The Kier molecular flexibility index (Phi) is 30.5. The van der Waals surface area contributed by atoms with Gasteiger partial charge in [0, 0.05) is 56.2 Å². The van der Waals surface area contributed by atoms with E-state index in [4.69, 9.17) is 17.3 Å². The fourth-order valence-corrected chi connectivity index (χ4v) is 21.4. The molecule has 0 fully saturated rings. The van der Waals surface area contributed by atoms with Crippen LogP contribution < -0.4 is 74.7 Å². The van der Waals surface area contributed by atoms with Crippen molar-refractivity contribution < 1.29 is 20.4 Å². The number of hydrogen-bond acceptors (Lipinski definition) is 5. The summed E-state index contributed by atoms with van der Waals surface area (Å²) in [6, 6.07) is 146. The fraction of sp³-hybridized carbons (Fsp3) is 0.0521. The Labute approximate surface area is 661 Å². The van der Waals surface area contributed by atoms with Gasteiger partial charge in [0.25, 0.3) is 0 Å². The van der Waals surface area contributed by atoms with Gasteiger partial charge in [0.2, 0.25) is 5.95 Å². The first-order chi connectivity index (χ1) is 52.7. The molecular weight excluding hydrogens is 1500 g/mol. The molecular formula is C96H85ClN6P4Pd. The van der Waals surface area contributed by atoms with Gasteiger partial charge in [-0.25, -0.2) is 15.0 Å². The van der Waals surface area contributed by atoms with Crippen LogP contribution >= 0.6 is 43.3 Å². The molecule has 0 aliphatic rings. The molecule has 0 unspecified atom stereocenters. The number of anilines is 2. The Hall–Kier alpha value is -10.2. The second kappa shape index (κ2) is 41.8. The zero-order chi connectivity index (χ0) is 73.5. The van der Waals surface area contributed by atoms with Crippen molar-refractivity contribution in [3.8, 4) is 11.3 Å². The van der Waals surface area contributed by atoms with Crippen molar-refractivity contribution in [1.29, 1.82) is 0 Å². The number of nitrogens with one attached hydrogen (secondary N) is 1. The van der Waals surface area contributed by atoms with Crippen LogP contribution in [0.5, 0.6) is 0 Å². The normalized spacial score (nSPS) is 10.7. The molecule has 16 rings (SSSR count). The molecule has 108 heavy (non-hydrogen) atoms. The largest absolute Gasteiger partial charge is 0.337 e. The Balaban J connectivity index is 0.000000136. The van der Waals surface area contributed by atoms with E-state index in [1.54, 1.807) is 12.4 Å². The third-order valence-corrected chi connectivity index (χ3v) is 27.3. The first kappa shape index (κ1) is 78.9. The summed E-state index contributed by atoms with van der Waals surface area (Å²) in [6.45, 7) is 4.85. The van der Waals surface area contributed by atoms with Gasteiger partial charge in [-0.15, -0.1) is 0 Å². The molecule has 0 aliphatic carbocycles. The number of hydrogen-bond donors (Lipinski definition) is 2. The summed E-state index contributed by atoms with van der Waals surface area (Å²) < 4.78 is 2.07. The fourth-order valence-electron chi connectivity index (χ4n) is 12.0. The number of imidazole rings is 1. The molecule has 0 aliphatic heterocycles. The van der Waals surface area contributed by atoms with Gasteiger partial charge >= 0.3 is 0 Å². The third-order valence-electron chi connectivity index (χ3n) is 17.2. The number of aromatic nitrogens is 4. The first-order valence-electron chi connectivity index (χ1n) is 35.7. The minimum absolute atomic E-state index is 0. The molecule has 0 spiro atoms. The van der Waals surface area contributed by atoms with E-state index in [2.05, 4.69) is 401 Å². The van der Waals surface area contributed by atoms with Crippen molar-refractivity contribution in [2.24, 2.45) is 5.73 Å². The number of aryl methyl sites for hydroxylation is 2. The minimum Gasteiger partial charge on any atom is -0.337 e. The van der Waals surface area contributed by atoms with E-state index in [1.807, 2.05) is 62.8 Å². The summed E-state index contributed by atoms with van der Waals surface area (Å²) in [5.41, 5.74) is 10.6. The predicted molar refractivity (Wildman–Crippen MR) is 466 cm³/mol. The molecule has 536 valence electrons. The summed E-state index contributed by atoms with van der Waals surface area (Å²) in [4.78, 5) is 13.0. The van der Waals surface area contributed by atoms with E-state index in [0.29, 0.717) is 16.7 Å². The monoisotopic (exact) mass is 1590 g/mol. The Morgan fingerprint density at radius 2 is 0.611 bits per heavy atom. The molecule has 0 atom stereocenters. The maximum Gasteiger partial charge on any atom is 0.227 e. The van der Waals surface area contributed by atoms with Crippen LogP contribution in [0.2, 0.25) is 5.02 Å². The molecule has 2 aromatic heterocycles. The third kappa shape index (κ3) is 23.2. The van der Waals surface area contributed by atoms with Crippen LogP contribution in [-0.2, 0) is 38.9 Å². The maximum absolute atomic E-state index is 6.38. The minimum atomic E-state index is -0.446. The van der Waals surface area contributed by atoms with Gasteiger partial charge in [-0.1, -0.05) is 412 Å². The van der Waals surface area contributed by atoms with Crippen LogP contribution in [0.15, 0.2) is 437 Å². The van der Waals surface area contributed by atoms with E-state index in [0.717, 1.165) is 29.8 Å². The Bertz CT molecular complexity index is 4290. The van der Waals surface area contributed by atoms with Gasteiger partial charge in [0.05, 0.1) is 23.2 Å². The molecule has 2 heterocycles.